The van der Waals surface area contributed by atoms with Crippen molar-refractivity contribution < 1.29 is 30.7 Å². The number of oxazole rings is 1. The van der Waals surface area contributed by atoms with E-state index in [0.717, 1.165) is 0 Å². The molecule has 122 valence electrons. The molecule has 0 saturated carbocycles. The lowest BCUT2D eigenvalue weighted by atomic mass is 10.3. The molecule has 22 heavy (non-hydrogen) atoms. The average Bonchev–Trinajstić information content (AvgIpc) is 2.80. The van der Waals surface area contributed by atoms with E-state index in [1.165, 1.54) is 25.3 Å². The van der Waals surface area contributed by atoms with Gasteiger partial charge >= 0.3 is 12.1 Å². The van der Waals surface area contributed by atoms with Crippen LogP contribution in [0.2, 0.25) is 0 Å². The molecule has 0 amide bonds. The molecule has 6 nitrogen and oxygen atoms in total. The first kappa shape index (κ1) is 16.6. The van der Waals surface area contributed by atoms with Crippen molar-refractivity contribution in [2.75, 3.05) is 17.6 Å². The molecular formula is C12H13F3N2O4S. The maximum Gasteiger partial charge on any atom is 0.468 e. The van der Waals surface area contributed by atoms with Crippen LogP contribution in [0.15, 0.2) is 22.6 Å². The third-order valence-corrected chi connectivity index (χ3v) is 4.21. The SMILES string of the molecule is CO[C@H](C)CS(=O)(=O)Nc1ccc2oc(C(F)(F)F)nc2c1. The fraction of sp³-hybridized carbons (Fsp3) is 0.417. The summed E-state index contributed by atoms with van der Waals surface area (Å²) in [6.45, 7) is 1.58. The van der Waals surface area contributed by atoms with E-state index in [1.807, 2.05) is 0 Å². The lowest BCUT2D eigenvalue weighted by Crippen LogP contribution is -2.25. The molecule has 1 atom stereocenters. The van der Waals surface area contributed by atoms with E-state index < -0.39 is 28.2 Å². The van der Waals surface area contributed by atoms with E-state index in [2.05, 4.69) is 14.1 Å². The highest BCUT2D eigenvalue weighted by molar-refractivity contribution is 7.92. The van der Waals surface area contributed by atoms with Gasteiger partial charge in [0.15, 0.2) is 5.58 Å². The smallest absolute Gasteiger partial charge is 0.433 e. The molecule has 0 saturated heterocycles. The summed E-state index contributed by atoms with van der Waals surface area (Å²) in [5.41, 5.74) is -0.0781. The Bertz CT molecular complexity index is 770. The number of aromatic nitrogens is 1. The van der Waals surface area contributed by atoms with E-state index >= 15 is 0 Å². The van der Waals surface area contributed by atoms with Crippen molar-refractivity contribution in [3.05, 3.63) is 24.1 Å². The van der Waals surface area contributed by atoms with Crippen LogP contribution in [0, 0.1) is 0 Å². The van der Waals surface area contributed by atoms with E-state index in [0.29, 0.717) is 0 Å². The number of halogens is 3. The number of hydrogen-bond acceptors (Lipinski definition) is 5. The minimum atomic E-state index is -4.70. The van der Waals surface area contributed by atoms with Crippen LogP contribution in [0.1, 0.15) is 12.8 Å². The van der Waals surface area contributed by atoms with Gasteiger partial charge in [-0.2, -0.15) is 13.2 Å². The van der Waals surface area contributed by atoms with E-state index in [4.69, 9.17) is 4.74 Å². The molecule has 0 fully saturated rings. The molecule has 1 aromatic carbocycles. The predicted molar refractivity (Wildman–Crippen MR) is 72.9 cm³/mol. The number of benzene rings is 1. The molecule has 0 aliphatic carbocycles. The number of sulfonamides is 1. The second kappa shape index (κ2) is 5.76. The molecule has 10 heteroatoms. The van der Waals surface area contributed by atoms with Gasteiger partial charge in [-0.3, -0.25) is 4.72 Å². The van der Waals surface area contributed by atoms with Gasteiger partial charge in [0.25, 0.3) is 0 Å². The lowest BCUT2D eigenvalue weighted by Gasteiger charge is -2.11. The van der Waals surface area contributed by atoms with Crippen molar-refractivity contribution in [2.45, 2.75) is 19.2 Å². The summed E-state index contributed by atoms with van der Waals surface area (Å²) in [5.74, 6) is -1.66. The Morgan fingerprint density at radius 1 is 1.41 bits per heavy atom. The second-order valence-electron chi connectivity index (χ2n) is 4.63. The van der Waals surface area contributed by atoms with Crippen molar-refractivity contribution in [1.82, 2.24) is 4.98 Å². The van der Waals surface area contributed by atoms with Crippen LogP contribution in [-0.4, -0.2) is 32.4 Å². The maximum absolute atomic E-state index is 12.5. The standard InChI is InChI=1S/C12H13F3N2O4S/c1-7(20-2)6-22(18,19)17-8-3-4-10-9(5-8)16-11(21-10)12(13,14)15/h3-5,7,17H,6H2,1-2H3/t7-/m1/s1. The zero-order valence-electron chi connectivity index (χ0n) is 11.6. The molecule has 0 spiro atoms. The van der Waals surface area contributed by atoms with Gasteiger partial charge in [-0.05, 0) is 25.1 Å². The number of fused-ring (bicyclic) bond motifs is 1. The minimum Gasteiger partial charge on any atom is -0.433 e. The fourth-order valence-corrected chi connectivity index (χ4v) is 3.03. The Hall–Kier alpha value is -1.81. The zero-order valence-corrected chi connectivity index (χ0v) is 12.5. The number of rotatable bonds is 5. The van der Waals surface area contributed by atoms with Crippen LogP contribution in [0.4, 0.5) is 18.9 Å². The number of alkyl halides is 3. The zero-order chi connectivity index (χ0) is 16.5. The first-order valence-corrected chi connectivity index (χ1v) is 7.77. The highest BCUT2D eigenvalue weighted by atomic mass is 32.2. The quantitative estimate of drug-likeness (QED) is 0.906. The Kier molecular flexibility index (Phi) is 4.34. The topological polar surface area (TPSA) is 81.4 Å². The minimum absolute atomic E-state index is 0.0828. The Balaban J connectivity index is 2.26. The van der Waals surface area contributed by atoms with Gasteiger partial charge in [-0.15, -0.1) is 0 Å². The van der Waals surface area contributed by atoms with Crippen molar-refractivity contribution in [3.8, 4) is 0 Å². The van der Waals surface area contributed by atoms with Gasteiger partial charge in [0, 0.05) is 7.11 Å². The molecule has 2 rings (SSSR count). The number of ether oxygens (including phenoxy) is 1. The van der Waals surface area contributed by atoms with Crippen LogP contribution in [0.3, 0.4) is 0 Å². The Morgan fingerprint density at radius 2 is 2.09 bits per heavy atom. The summed E-state index contributed by atoms with van der Waals surface area (Å²) in [7, 11) is -2.32. The van der Waals surface area contributed by atoms with Gasteiger partial charge < -0.3 is 9.15 Å². The highest BCUT2D eigenvalue weighted by Crippen LogP contribution is 2.31. The van der Waals surface area contributed by atoms with Gasteiger partial charge in [0.1, 0.15) is 5.52 Å². The highest BCUT2D eigenvalue weighted by Gasteiger charge is 2.37. The van der Waals surface area contributed by atoms with E-state index in [1.54, 1.807) is 6.92 Å². The van der Waals surface area contributed by atoms with E-state index in [-0.39, 0.29) is 22.5 Å². The monoisotopic (exact) mass is 338 g/mol. The molecule has 2 aromatic rings. The van der Waals surface area contributed by atoms with Crippen molar-refractivity contribution >= 4 is 26.8 Å². The summed E-state index contributed by atoms with van der Waals surface area (Å²) < 4.78 is 72.9. The first-order valence-electron chi connectivity index (χ1n) is 6.12. The van der Waals surface area contributed by atoms with Crippen molar-refractivity contribution in [3.63, 3.8) is 0 Å². The molecule has 0 bridgehead atoms. The Labute approximate surface area is 124 Å². The summed E-state index contributed by atoms with van der Waals surface area (Å²) in [4.78, 5) is 3.30. The number of nitrogens with zero attached hydrogens (tertiary/aromatic N) is 1. The molecule has 0 aliphatic rings. The third-order valence-electron chi connectivity index (χ3n) is 2.76. The van der Waals surface area contributed by atoms with E-state index in [9.17, 15) is 21.6 Å². The van der Waals surface area contributed by atoms with Crippen LogP contribution in [0.25, 0.3) is 11.1 Å². The van der Waals surface area contributed by atoms with Crippen LogP contribution < -0.4 is 4.72 Å². The molecule has 0 aliphatic heterocycles. The lowest BCUT2D eigenvalue weighted by molar-refractivity contribution is -0.156. The largest absolute Gasteiger partial charge is 0.468 e. The van der Waals surface area contributed by atoms with Crippen LogP contribution >= 0.6 is 0 Å². The molecule has 0 unspecified atom stereocenters. The van der Waals surface area contributed by atoms with Crippen LogP contribution in [-0.2, 0) is 20.9 Å². The molecule has 1 N–H and O–H groups in total. The first-order chi connectivity index (χ1) is 10.1. The summed E-state index contributed by atoms with van der Waals surface area (Å²) >= 11 is 0. The van der Waals surface area contributed by atoms with Crippen molar-refractivity contribution in [2.24, 2.45) is 0 Å². The molecular weight excluding hydrogens is 325 g/mol. The number of hydrogen-bond donors (Lipinski definition) is 1. The number of nitrogens with one attached hydrogen (secondary N) is 1. The number of anilines is 1. The predicted octanol–water partition coefficient (Wildman–Crippen LogP) is 2.62. The normalized spacial score (nSPS) is 14.2. The van der Waals surface area contributed by atoms with Crippen LogP contribution in [0.5, 0.6) is 0 Å². The Morgan fingerprint density at radius 3 is 2.68 bits per heavy atom. The van der Waals surface area contributed by atoms with Gasteiger partial charge in [-0.25, -0.2) is 13.4 Å². The third kappa shape index (κ3) is 3.89. The van der Waals surface area contributed by atoms with Gasteiger partial charge in [0.05, 0.1) is 17.5 Å². The van der Waals surface area contributed by atoms with Gasteiger partial charge in [-0.1, -0.05) is 0 Å². The van der Waals surface area contributed by atoms with Crippen molar-refractivity contribution in [1.29, 1.82) is 0 Å². The fourth-order valence-electron chi connectivity index (χ4n) is 1.71. The maximum atomic E-state index is 12.5. The van der Waals surface area contributed by atoms with Gasteiger partial charge in [0.2, 0.25) is 10.0 Å². The summed E-state index contributed by atoms with van der Waals surface area (Å²) in [5, 5.41) is 0. The molecule has 1 aromatic heterocycles. The molecule has 1 heterocycles. The average molecular weight is 338 g/mol. The summed E-state index contributed by atoms with van der Waals surface area (Å²) in [6.07, 6.45) is -5.22. The molecule has 0 radical (unpaired) electrons. The summed E-state index contributed by atoms with van der Waals surface area (Å²) in [6, 6.07) is 3.68. The number of methoxy groups -OCH3 is 1. The second-order valence-corrected chi connectivity index (χ2v) is 6.40.